The van der Waals surface area contributed by atoms with Crippen molar-refractivity contribution in [2.75, 3.05) is 17.6 Å². The summed E-state index contributed by atoms with van der Waals surface area (Å²) < 4.78 is 32.4. The van der Waals surface area contributed by atoms with Crippen LogP contribution in [-0.4, -0.2) is 38.0 Å². The summed E-state index contributed by atoms with van der Waals surface area (Å²) in [6.07, 6.45) is 5.16. The standard InChI is InChI=1S/C29H28F2N6O2/c1-14-3-4-23(15-7-16-11-29(5-6-29)28(39)35-24(16)21(31)8-15)37(13-14)27(38)17-9-18-22(10-20(17)30)34-26(32)19-12-33-36(2)25(18)19/h7-10,12,14,23H,3-6,11,13H2,1-2H3,(H2,32,34)(H,35,39)/t14-,23?/m0/s1. The number of aryl methyl sites for hydroxylation is 1. The number of amides is 2. The van der Waals surface area contributed by atoms with E-state index in [0.29, 0.717) is 46.8 Å². The number of nitrogens with two attached hydrogens (primary N) is 1. The fourth-order valence-electron chi connectivity index (χ4n) is 6.43. The first-order chi connectivity index (χ1) is 18.6. The molecule has 2 atom stereocenters. The van der Waals surface area contributed by atoms with Crippen molar-refractivity contribution in [3.05, 3.63) is 58.8 Å². The van der Waals surface area contributed by atoms with Crippen molar-refractivity contribution in [3.8, 4) is 0 Å². The molecule has 200 valence electrons. The van der Waals surface area contributed by atoms with Crippen molar-refractivity contribution in [1.82, 2.24) is 19.7 Å². The van der Waals surface area contributed by atoms with Crippen LogP contribution in [0.3, 0.4) is 0 Å². The molecular formula is C29H28F2N6O2. The molecule has 1 spiro atoms. The van der Waals surface area contributed by atoms with E-state index < -0.39 is 29.0 Å². The largest absolute Gasteiger partial charge is 0.383 e. The number of hydrogen-bond acceptors (Lipinski definition) is 5. The Balaban J connectivity index is 1.31. The van der Waals surface area contributed by atoms with Gasteiger partial charge < -0.3 is 16.0 Å². The number of nitrogen functional groups attached to an aromatic ring is 1. The van der Waals surface area contributed by atoms with Crippen LogP contribution in [-0.2, 0) is 18.3 Å². The van der Waals surface area contributed by atoms with Crippen molar-refractivity contribution < 1.29 is 18.4 Å². The number of carbonyl (C=O) groups excluding carboxylic acids is 2. The van der Waals surface area contributed by atoms with E-state index in [0.717, 1.165) is 24.8 Å². The number of anilines is 2. The zero-order valence-electron chi connectivity index (χ0n) is 21.7. The SMILES string of the molecule is C[C@H]1CCC(c2cc(F)c3c(c2)CC2(CC2)C(=O)N3)N(C(=O)c2cc3c(cc2F)nc(N)c2cnn(C)c23)C1. The number of hydrogen-bond donors (Lipinski definition) is 2. The predicted octanol–water partition coefficient (Wildman–Crippen LogP) is 4.87. The molecule has 4 heterocycles. The van der Waals surface area contributed by atoms with Gasteiger partial charge in [-0.1, -0.05) is 13.0 Å². The van der Waals surface area contributed by atoms with Crippen molar-refractivity contribution in [2.45, 2.75) is 45.1 Å². The number of benzene rings is 2. The Bertz CT molecular complexity index is 1730. The molecule has 3 N–H and O–H groups in total. The lowest BCUT2D eigenvalue weighted by Crippen LogP contribution is -2.42. The summed E-state index contributed by atoms with van der Waals surface area (Å²) in [4.78, 5) is 32.5. The zero-order chi connectivity index (χ0) is 27.2. The number of piperidine rings is 1. The Hall–Kier alpha value is -4.08. The number of halogens is 2. The molecule has 2 aromatic heterocycles. The number of nitrogens with zero attached hydrogens (tertiary/aromatic N) is 4. The fourth-order valence-corrected chi connectivity index (χ4v) is 6.43. The molecule has 10 heteroatoms. The molecule has 4 aromatic rings. The number of carbonyl (C=O) groups is 2. The second-order valence-electron chi connectivity index (χ2n) is 11.5. The third-order valence-electron chi connectivity index (χ3n) is 8.79. The summed E-state index contributed by atoms with van der Waals surface area (Å²) in [5, 5.41) is 8.23. The van der Waals surface area contributed by atoms with Crippen LogP contribution in [0.2, 0.25) is 0 Å². The predicted molar refractivity (Wildman–Crippen MR) is 143 cm³/mol. The summed E-state index contributed by atoms with van der Waals surface area (Å²) in [5.41, 5.74) is 8.24. The van der Waals surface area contributed by atoms with Crippen LogP contribution in [0.15, 0.2) is 30.5 Å². The summed E-state index contributed by atoms with van der Waals surface area (Å²) >= 11 is 0. The minimum Gasteiger partial charge on any atom is -0.383 e. The van der Waals surface area contributed by atoms with Crippen LogP contribution >= 0.6 is 0 Å². The average molecular weight is 531 g/mol. The van der Waals surface area contributed by atoms with Crippen molar-refractivity contribution in [1.29, 1.82) is 0 Å². The van der Waals surface area contributed by atoms with Crippen LogP contribution < -0.4 is 11.1 Å². The minimum absolute atomic E-state index is 0.0710. The summed E-state index contributed by atoms with van der Waals surface area (Å²) in [6, 6.07) is 5.68. The van der Waals surface area contributed by atoms with Gasteiger partial charge in [0.05, 0.1) is 45.3 Å². The molecule has 2 aromatic carbocycles. The molecule has 1 unspecified atom stereocenters. The normalized spacial score (nSPS) is 21.8. The van der Waals surface area contributed by atoms with Gasteiger partial charge in [0.25, 0.3) is 5.91 Å². The van der Waals surface area contributed by atoms with Gasteiger partial charge in [-0.05, 0) is 61.3 Å². The average Bonchev–Trinajstić information content (AvgIpc) is 3.56. The Morgan fingerprint density at radius 1 is 1.13 bits per heavy atom. The molecule has 39 heavy (non-hydrogen) atoms. The lowest BCUT2D eigenvalue weighted by atomic mass is 9.85. The van der Waals surface area contributed by atoms with Crippen molar-refractivity contribution in [3.63, 3.8) is 0 Å². The molecule has 1 aliphatic carbocycles. The van der Waals surface area contributed by atoms with E-state index in [-0.39, 0.29) is 28.9 Å². The number of fused-ring (bicyclic) bond motifs is 4. The quantitative estimate of drug-likeness (QED) is 0.385. The van der Waals surface area contributed by atoms with Gasteiger partial charge in [-0.25, -0.2) is 13.8 Å². The Morgan fingerprint density at radius 3 is 2.69 bits per heavy atom. The highest BCUT2D eigenvalue weighted by Gasteiger charge is 2.52. The van der Waals surface area contributed by atoms with Gasteiger partial charge in [-0.3, -0.25) is 14.3 Å². The Morgan fingerprint density at radius 2 is 1.92 bits per heavy atom. The lowest BCUT2D eigenvalue weighted by molar-refractivity contribution is -0.121. The van der Waals surface area contributed by atoms with E-state index in [4.69, 9.17) is 5.73 Å². The van der Waals surface area contributed by atoms with Crippen molar-refractivity contribution >= 4 is 45.1 Å². The first-order valence-corrected chi connectivity index (χ1v) is 13.3. The van der Waals surface area contributed by atoms with E-state index in [1.54, 1.807) is 22.8 Å². The number of likely N-dealkylation sites (tertiary alicyclic amines) is 1. The van der Waals surface area contributed by atoms with Gasteiger partial charge in [-0.15, -0.1) is 0 Å². The van der Waals surface area contributed by atoms with Gasteiger partial charge in [0.2, 0.25) is 5.91 Å². The molecule has 1 saturated heterocycles. The van der Waals surface area contributed by atoms with E-state index in [2.05, 4.69) is 22.3 Å². The zero-order valence-corrected chi connectivity index (χ0v) is 21.7. The highest BCUT2D eigenvalue weighted by Crippen LogP contribution is 2.53. The van der Waals surface area contributed by atoms with Gasteiger partial charge in [0.15, 0.2) is 0 Å². The highest BCUT2D eigenvalue weighted by molar-refractivity contribution is 6.10. The molecule has 2 aliphatic heterocycles. The van der Waals surface area contributed by atoms with Crippen LogP contribution in [0.25, 0.3) is 21.8 Å². The van der Waals surface area contributed by atoms with E-state index in [1.165, 1.54) is 18.2 Å². The van der Waals surface area contributed by atoms with Gasteiger partial charge in [0.1, 0.15) is 17.5 Å². The van der Waals surface area contributed by atoms with Gasteiger partial charge >= 0.3 is 0 Å². The van der Waals surface area contributed by atoms with Gasteiger partial charge in [0, 0.05) is 25.0 Å². The summed E-state index contributed by atoms with van der Waals surface area (Å²) in [7, 11) is 1.76. The maximum atomic E-state index is 15.5. The lowest BCUT2D eigenvalue weighted by Gasteiger charge is -2.39. The van der Waals surface area contributed by atoms with E-state index in [1.807, 2.05) is 6.07 Å². The van der Waals surface area contributed by atoms with Crippen molar-refractivity contribution in [2.24, 2.45) is 18.4 Å². The summed E-state index contributed by atoms with van der Waals surface area (Å²) in [5.74, 6) is -1.31. The summed E-state index contributed by atoms with van der Waals surface area (Å²) in [6.45, 7) is 2.47. The third-order valence-corrected chi connectivity index (χ3v) is 8.79. The molecule has 0 radical (unpaired) electrons. The smallest absolute Gasteiger partial charge is 0.257 e. The second kappa shape index (κ2) is 8.21. The topological polar surface area (TPSA) is 106 Å². The fraction of sp³-hybridized carbons (Fsp3) is 0.379. The molecule has 8 nitrogen and oxygen atoms in total. The number of aromatic nitrogens is 3. The molecule has 2 amide bonds. The maximum absolute atomic E-state index is 15.5. The van der Waals surface area contributed by atoms with Gasteiger partial charge in [-0.2, -0.15) is 5.10 Å². The molecule has 0 bridgehead atoms. The molecule has 1 saturated carbocycles. The molecule has 3 aliphatic rings. The van der Waals surface area contributed by atoms with Crippen LogP contribution in [0.1, 0.15) is 60.1 Å². The third kappa shape index (κ3) is 3.60. The first kappa shape index (κ1) is 24.0. The molecular weight excluding hydrogens is 502 g/mol. The number of nitrogens with one attached hydrogen (secondary N) is 1. The Labute approximate surface area is 223 Å². The Kier molecular flexibility index (Phi) is 5.05. The second-order valence-corrected chi connectivity index (χ2v) is 11.5. The van der Waals surface area contributed by atoms with Crippen LogP contribution in [0.4, 0.5) is 20.3 Å². The van der Waals surface area contributed by atoms with E-state index >= 15 is 8.78 Å². The number of pyridine rings is 1. The number of rotatable bonds is 2. The van der Waals surface area contributed by atoms with Crippen LogP contribution in [0, 0.1) is 23.0 Å². The monoisotopic (exact) mass is 530 g/mol. The maximum Gasteiger partial charge on any atom is 0.257 e. The highest BCUT2D eigenvalue weighted by atomic mass is 19.1. The first-order valence-electron chi connectivity index (χ1n) is 13.3. The minimum atomic E-state index is -0.687. The molecule has 7 rings (SSSR count). The van der Waals surface area contributed by atoms with Crippen LogP contribution in [0.5, 0.6) is 0 Å². The molecule has 2 fully saturated rings. The van der Waals surface area contributed by atoms with E-state index in [9.17, 15) is 9.59 Å².